The molecule has 0 aromatic rings. The van der Waals surface area contributed by atoms with Crippen LogP contribution in [-0.4, -0.2) is 22.1 Å². The Bertz CT molecular complexity index is 201. The van der Waals surface area contributed by atoms with Crippen molar-refractivity contribution in [2.45, 2.75) is 46.2 Å². The van der Waals surface area contributed by atoms with E-state index in [1.165, 1.54) is 5.09 Å². The Morgan fingerprint density at radius 3 is 1.93 bits per heavy atom. The van der Waals surface area contributed by atoms with Crippen molar-refractivity contribution in [3.05, 3.63) is 10.8 Å². The van der Waals surface area contributed by atoms with E-state index in [0.29, 0.717) is 0 Å². The van der Waals surface area contributed by atoms with Gasteiger partial charge in [0.15, 0.2) is 0 Å². The summed E-state index contributed by atoms with van der Waals surface area (Å²) in [4.78, 5) is 0. The topological polar surface area (TPSA) is 9.23 Å². The fourth-order valence-electron chi connectivity index (χ4n) is 0.898. The van der Waals surface area contributed by atoms with Gasteiger partial charge in [-0.1, -0.05) is 38.3 Å². The van der Waals surface area contributed by atoms with E-state index in [1.54, 1.807) is 0 Å². The molecule has 0 aliphatic heterocycles. The van der Waals surface area contributed by atoms with Crippen molar-refractivity contribution in [2.75, 3.05) is 5.75 Å². The van der Waals surface area contributed by atoms with Gasteiger partial charge in [0.2, 0.25) is 8.32 Å². The minimum atomic E-state index is -1.42. The molecule has 0 fully saturated rings. The Hall–Kier alpha value is 0.324. The summed E-state index contributed by atoms with van der Waals surface area (Å²) in [6.45, 7) is 15.9. The summed E-state index contributed by atoms with van der Waals surface area (Å²) in [5, 5.41) is 1.17. The molecule has 0 spiro atoms. The number of thioether (sulfide) groups is 1. The van der Waals surface area contributed by atoms with Gasteiger partial charge >= 0.3 is 0 Å². The van der Waals surface area contributed by atoms with E-state index in [-0.39, 0.29) is 0 Å². The van der Waals surface area contributed by atoms with Crippen molar-refractivity contribution < 1.29 is 4.43 Å². The van der Waals surface area contributed by atoms with Gasteiger partial charge in [0, 0.05) is 0 Å². The highest BCUT2D eigenvalue weighted by Gasteiger charge is 2.20. The van der Waals surface area contributed by atoms with E-state index >= 15 is 0 Å². The standard InChI is InChI=1S/C10H24OSSi2/c1-8-12-10(9-13(2,3)4)11-14(5,6)7/h9H,8H2,1-7H3/b10-9-. The summed E-state index contributed by atoms with van der Waals surface area (Å²) in [7, 11) is -2.57. The molecule has 0 aromatic carbocycles. The Morgan fingerprint density at radius 1 is 1.14 bits per heavy atom. The Morgan fingerprint density at radius 2 is 1.64 bits per heavy atom. The maximum atomic E-state index is 6.05. The van der Waals surface area contributed by atoms with Crippen LogP contribution in [0.15, 0.2) is 10.8 Å². The highest BCUT2D eigenvalue weighted by atomic mass is 32.2. The molecule has 14 heavy (non-hydrogen) atoms. The fraction of sp³-hybridized carbons (Fsp3) is 0.800. The van der Waals surface area contributed by atoms with E-state index in [1.807, 2.05) is 11.8 Å². The van der Waals surface area contributed by atoms with Crippen LogP contribution in [0.4, 0.5) is 0 Å². The fourth-order valence-corrected chi connectivity index (χ4v) is 5.11. The molecule has 0 aliphatic carbocycles. The van der Waals surface area contributed by atoms with Crippen molar-refractivity contribution in [3.8, 4) is 0 Å². The first kappa shape index (κ1) is 14.3. The molecule has 1 nitrogen and oxygen atoms in total. The van der Waals surface area contributed by atoms with Gasteiger partial charge in [-0.15, -0.1) is 0 Å². The van der Waals surface area contributed by atoms with Gasteiger partial charge in [-0.25, -0.2) is 0 Å². The predicted octanol–water partition coefficient (Wildman–Crippen LogP) is 4.31. The van der Waals surface area contributed by atoms with Gasteiger partial charge in [-0.2, -0.15) is 0 Å². The third-order valence-electron chi connectivity index (χ3n) is 1.24. The maximum Gasteiger partial charge on any atom is 0.242 e. The molecule has 0 saturated heterocycles. The molecule has 0 heterocycles. The lowest BCUT2D eigenvalue weighted by molar-refractivity contribution is 0.464. The van der Waals surface area contributed by atoms with E-state index < -0.39 is 16.4 Å². The molecule has 0 atom stereocenters. The van der Waals surface area contributed by atoms with Crippen LogP contribution < -0.4 is 0 Å². The Balaban J connectivity index is 4.53. The molecule has 0 rings (SSSR count). The normalized spacial score (nSPS) is 14.4. The molecule has 0 N–H and O–H groups in total. The van der Waals surface area contributed by atoms with Crippen LogP contribution >= 0.6 is 11.8 Å². The third-order valence-corrected chi connectivity index (χ3v) is 4.34. The molecule has 0 aliphatic rings. The van der Waals surface area contributed by atoms with Crippen LogP contribution in [0.25, 0.3) is 0 Å². The van der Waals surface area contributed by atoms with E-state index in [2.05, 4.69) is 51.9 Å². The molecule has 0 radical (unpaired) electrons. The average Bonchev–Trinajstić information content (AvgIpc) is 1.78. The average molecular weight is 249 g/mol. The van der Waals surface area contributed by atoms with Crippen LogP contribution in [0.2, 0.25) is 39.3 Å². The minimum Gasteiger partial charge on any atom is -0.540 e. The Labute approximate surface area is 95.5 Å². The van der Waals surface area contributed by atoms with Gasteiger partial charge in [0.05, 0.1) is 8.07 Å². The van der Waals surface area contributed by atoms with E-state index in [4.69, 9.17) is 4.43 Å². The summed E-state index contributed by atoms with van der Waals surface area (Å²) in [5.41, 5.74) is 2.37. The second kappa shape index (κ2) is 5.42. The molecule has 0 aromatic heterocycles. The predicted molar refractivity (Wildman–Crippen MR) is 74.0 cm³/mol. The number of hydrogen-bond acceptors (Lipinski definition) is 2. The molecule has 4 heteroatoms. The smallest absolute Gasteiger partial charge is 0.242 e. The van der Waals surface area contributed by atoms with Crippen molar-refractivity contribution in [1.29, 1.82) is 0 Å². The zero-order valence-electron chi connectivity index (χ0n) is 10.6. The lowest BCUT2D eigenvalue weighted by Crippen LogP contribution is -2.26. The molecule has 0 saturated carbocycles. The molecule has 0 amide bonds. The molecular formula is C10H24OSSi2. The van der Waals surface area contributed by atoms with Gasteiger partial charge in [-0.05, 0) is 31.1 Å². The van der Waals surface area contributed by atoms with Gasteiger partial charge < -0.3 is 4.43 Å². The van der Waals surface area contributed by atoms with Crippen LogP contribution in [0.5, 0.6) is 0 Å². The maximum absolute atomic E-state index is 6.05. The first-order valence-electron chi connectivity index (χ1n) is 5.19. The molecule has 84 valence electrons. The quantitative estimate of drug-likeness (QED) is 0.530. The third kappa shape index (κ3) is 8.90. The highest BCUT2D eigenvalue weighted by molar-refractivity contribution is 8.02. The van der Waals surface area contributed by atoms with E-state index in [9.17, 15) is 0 Å². The summed E-state index contributed by atoms with van der Waals surface area (Å²) in [6, 6.07) is 0. The van der Waals surface area contributed by atoms with Crippen LogP contribution in [0.1, 0.15) is 6.92 Å². The van der Waals surface area contributed by atoms with E-state index in [0.717, 1.165) is 5.75 Å². The first-order chi connectivity index (χ1) is 6.14. The zero-order valence-corrected chi connectivity index (χ0v) is 13.4. The lowest BCUT2D eigenvalue weighted by atomic mass is 11.0. The molecular weight excluding hydrogens is 224 g/mol. The summed E-state index contributed by atoms with van der Waals surface area (Å²) < 4.78 is 6.05. The Kier molecular flexibility index (Phi) is 5.54. The second-order valence-electron chi connectivity index (χ2n) is 5.48. The minimum absolute atomic E-state index is 1.10. The largest absolute Gasteiger partial charge is 0.540 e. The van der Waals surface area contributed by atoms with Crippen molar-refractivity contribution in [3.63, 3.8) is 0 Å². The molecule has 0 unspecified atom stereocenters. The number of hydrogen-bond donors (Lipinski definition) is 0. The van der Waals surface area contributed by atoms with Crippen molar-refractivity contribution in [2.24, 2.45) is 0 Å². The van der Waals surface area contributed by atoms with Crippen LogP contribution in [-0.2, 0) is 4.43 Å². The molecule has 0 bridgehead atoms. The zero-order chi connectivity index (χ0) is 11.4. The summed E-state index contributed by atoms with van der Waals surface area (Å²) in [6.07, 6.45) is 0. The van der Waals surface area contributed by atoms with Crippen LogP contribution in [0, 0.1) is 0 Å². The van der Waals surface area contributed by atoms with Crippen LogP contribution in [0.3, 0.4) is 0 Å². The highest BCUT2D eigenvalue weighted by Crippen LogP contribution is 2.24. The SMILES string of the molecule is CCS/C(=C\[Si](C)(C)C)O[Si](C)(C)C. The summed E-state index contributed by atoms with van der Waals surface area (Å²) in [5.74, 6) is 1.10. The summed E-state index contributed by atoms with van der Waals surface area (Å²) >= 11 is 1.84. The van der Waals surface area contributed by atoms with Crippen molar-refractivity contribution in [1.82, 2.24) is 0 Å². The van der Waals surface area contributed by atoms with Crippen molar-refractivity contribution >= 4 is 28.2 Å². The lowest BCUT2D eigenvalue weighted by Gasteiger charge is -2.23. The number of rotatable bonds is 5. The van der Waals surface area contributed by atoms with Gasteiger partial charge in [0.25, 0.3) is 0 Å². The van der Waals surface area contributed by atoms with Gasteiger partial charge in [-0.3, -0.25) is 0 Å². The second-order valence-corrected chi connectivity index (χ2v) is 16.2. The van der Waals surface area contributed by atoms with Gasteiger partial charge in [0.1, 0.15) is 5.09 Å². The first-order valence-corrected chi connectivity index (χ1v) is 13.2. The monoisotopic (exact) mass is 248 g/mol.